The molecule has 0 bridgehead atoms. The van der Waals surface area contributed by atoms with E-state index in [9.17, 15) is 35.9 Å². The summed E-state index contributed by atoms with van der Waals surface area (Å²) in [6.45, 7) is -0.0460. The van der Waals surface area contributed by atoms with Crippen molar-refractivity contribution < 1.29 is 40.7 Å². The van der Waals surface area contributed by atoms with E-state index < -0.39 is 84.1 Å². The Morgan fingerprint density at radius 2 is 1.77 bits per heavy atom. The summed E-state index contributed by atoms with van der Waals surface area (Å²) in [4.78, 5) is 33.2. The van der Waals surface area contributed by atoms with Crippen LogP contribution in [0, 0.1) is 10.8 Å². The second kappa shape index (κ2) is 14.2. The monoisotopic (exact) mass is 801 g/mol. The molecule has 56 heavy (non-hydrogen) atoms. The number of nitrogens with one attached hydrogen (secondary N) is 3. The average Bonchev–Trinajstić information content (AvgIpc) is 3.65. The van der Waals surface area contributed by atoms with Crippen LogP contribution in [-0.2, 0) is 20.3 Å². The summed E-state index contributed by atoms with van der Waals surface area (Å²) in [6, 6.07) is 9.18. The quantitative estimate of drug-likeness (QED) is 0.138. The lowest BCUT2D eigenvalue weighted by atomic mass is 9.49. The first kappa shape index (κ1) is 40.7. The molecule has 2 amide bonds. The summed E-state index contributed by atoms with van der Waals surface area (Å²) in [6.07, 6.45) is -1.34. The second-order valence-corrected chi connectivity index (χ2v) is 16.3. The van der Waals surface area contributed by atoms with Crippen molar-refractivity contribution in [2.45, 2.75) is 74.9 Å². The molecule has 2 aliphatic rings. The number of alkyl halides is 6. The van der Waals surface area contributed by atoms with Gasteiger partial charge in [-0.25, -0.2) is 32.0 Å². The number of halogens is 7. The minimum absolute atomic E-state index is 0.188. The third kappa shape index (κ3) is 7.61. The Morgan fingerprint density at radius 1 is 1.11 bits per heavy atom. The first-order valence-electron chi connectivity index (χ1n) is 17.4. The molecule has 1 aliphatic heterocycles. The van der Waals surface area contributed by atoms with Gasteiger partial charge in [0.05, 0.1) is 22.8 Å². The number of benzene rings is 2. The number of carbonyl (C=O) groups excluding carboxylic acids is 2. The van der Waals surface area contributed by atoms with Crippen molar-refractivity contribution >= 4 is 53.1 Å². The lowest BCUT2D eigenvalue weighted by Crippen LogP contribution is -2.50. The molecule has 3 atom stereocenters. The SMILES string of the molecule is BC(B)(B)n1cnc(-c2cc([C@@H](COC(=O)NC(C)(C)C(F)F)N3C(=N)N[C@](C[C@@]4(C)CC4(F)F)(c4ccc(-c5cnn(C(F)F)c5)cc4)C3=O)ccc2Cl)n1. The summed E-state index contributed by atoms with van der Waals surface area (Å²) in [5, 5.41) is 22.0. The van der Waals surface area contributed by atoms with Crippen LogP contribution >= 0.6 is 11.6 Å². The zero-order valence-corrected chi connectivity index (χ0v) is 31.9. The molecule has 3 heterocycles. The van der Waals surface area contributed by atoms with E-state index in [1.165, 1.54) is 61.9 Å². The normalized spacial score (nSPS) is 21.4. The van der Waals surface area contributed by atoms with Crippen molar-refractivity contribution in [1.82, 2.24) is 40.1 Å². The third-order valence-electron chi connectivity index (χ3n) is 10.1. The fourth-order valence-electron chi connectivity index (χ4n) is 6.56. The molecular weight excluding hydrogens is 764 g/mol. The molecule has 4 aromatic rings. The number of guanidine groups is 1. The van der Waals surface area contributed by atoms with Gasteiger partial charge >= 0.3 is 12.6 Å². The maximum atomic E-state index is 15.0. The standard InChI is InChI=1S/C34H37B3ClF6N9O3/c1-30(2,25(39)40)49-29(55)56-13-23(18-6-9-22(38)21(10-18)24-46-16-52(50-24)34(35,36)37)53-26(54)32(48-28(53)45,14-31(3)15-33(31,43)44)20-7-4-17(5-8-20)19-11-47-51(12-19)27(41)42/h4-12,16,23,25,27H,13-15,35-37H2,1-3H3,(H2,45,48)(H,49,55)/t23-,31+,32-/m1/s1. The molecule has 22 heteroatoms. The van der Waals surface area contributed by atoms with Gasteiger partial charge in [0.2, 0.25) is 0 Å². The molecule has 1 aliphatic carbocycles. The average molecular weight is 802 g/mol. The van der Waals surface area contributed by atoms with Crippen molar-refractivity contribution in [3.63, 3.8) is 0 Å². The molecule has 0 unspecified atom stereocenters. The molecule has 1 saturated heterocycles. The fourth-order valence-corrected chi connectivity index (χ4v) is 6.76. The van der Waals surface area contributed by atoms with E-state index in [0.29, 0.717) is 21.4 Å². The summed E-state index contributed by atoms with van der Waals surface area (Å²) >= 11 is 6.61. The van der Waals surface area contributed by atoms with Crippen LogP contribution in [0.3, 0.4) is 0 Å². The molecule has 3 N–H and O–H groups in total. The lowest BCUT2D eigenvalue weighted by Gasteiger charge is -2.32. The van der Waals surface area contributed by atoms with Gasteiger partial charge < -0.3 is 15.4 Å². The van der Waals surface area contributed by atoms with Crippen LogP contribution < -0.4 is 10.6 Å². The van der Waals surface area contributed by atoms with Crippen LogP contribution in [0.25, 0.3) is 22.5 Å². The topological polar surface area (TPSA) is 143 Å². The van der Waals surface area contributed by atoms with E-state index in [0.717, 1.165) is 24.9 Å². The van der Waals surface area contributed by atoms with Crippen molar-refractivity contribution in [2.75, 3.05) is 6.61 Å². The first-order chi connectivity index (χ1) is 26.0. The summed E-state index contributed by atoms with van der Waals surface area (Å²) in [5.41, 5.74) is -4.09. The summed E-state index contributed by atoms with van der Waals surface area (Å²) in [5.74, 6) is -4.30. The van der Waals surface area contributed by atoms with Gasteiger partial charge in [-0.15, -0.1) is 0 Å². The minimum atomic E-state index is -3.13. The van der Waals surface area contributed by atoms with Gasteiger partial charge in [-0.05, 0) is 54.3 Å². The minimum Gasteiger partial charge on any atom is -0.447 e. The Bertz CT molecular complexity index is 2170. The van der Waals surface area contributed by atoms with E-state index >= 15 is 0 Å². The van der Waals surface area contributed by atoms with E-state index in [1.807, 2.05) is 23.5 Å². The highest BCUT2D eigenvalue weighted by Gasteiger charge is 2.72. The first-order valence-corrected chi connectivity index (χ1v) is 17.8. The van der Waals surface area contributed by atoms with E-state index in [1.54, 1.807) is 4.68 Å². The molecule has 1 saturated carbocycles. The number of nitrogens with zero attached hydrogens (tertiary/aromatic N) is 6. The smallest absolute Gasteiger partial charge is 0.407 e. The Hall–Kier alpha value is -4.94. The van der Waals surface area contributed by atoms with Crippen molar-refractivity contribution in [2.24, 2.45) is 5.41 Å². The predicted octanol–water partition coefficient (Wildman–Crippen LogP) is 3.83. The number of amides is 2. The Kier molecular flexibility index (Phi) is 10.3. The Labute approximate surface area is 325 Å². The molecule has 0 spiro atoms. The zero-order chi connectivity index (χ0) is 41.2. The second-order valence-electron chi connectivity index (χ2n) is 15.9. The molecule has 2 aromatic heterocycles. The number of aromatic nitrogens is 5. The highest BCUT2D eigenvalue weighted by Crippen LogP contribution is 2.65. The maximum Gasteiger partial charge on any atom is 0.407 e. The van der Waals surface area contributed by atoms with Crippen molar-refractivity contribution in [3.8, 4) is 22.5 Å². The van der Waals surface area contributed by atoms with Crippen LogP contribution in [-0.4, -0.2) is 95.4 Å². The molecular formula is C34H37B3ClF6N9O3. The molecule has 2 fully saturated rings. The number of carbonyl (C=O) groups is 2. The van der Waals surface area contributed by atoms with Crippen LogP contribution in [0.4, 0.5) is 31.1 Å². The van der Waals surface area contributed by atoms with Gasteiger partial charge in [0.25, 0.3) is 18.3 Å². The van der Waals surface area contributed by atoms with Crippen LogP contribution in [0.15, 0.2) is 61.2 Å². The highest BCUT2D eigenvalue weighted by atomic mass is 35.5. The van der Waals surface area contributed by atoms with Crippen molar-refractivity contribution in [3.05, 3.63) is 77.3 Å². The third-order valence-corrected chi connectivity index (χ3v) is 10.5. The van der Waals surface area contributed by atoms with E-state index in [2.05, 4.69) is 25.8 Å². The molecule has 2 aromatic carbocycles. The van der Waals surface area contributed by atoms with Crippen LogP contribution in [0.1, 0.15) is 57.3 Å². The molecule has 294 valence electrons. The van der Waals surface area contributed by atoms with Gasteiger partial charge in [-0.1, -0.05) is 48.9 Å². The maximum absolute atomic E-state index is 15.0. The van der Waals surface area contributed by atoms with Crippen LogP contribution in [0.5, 0.6) is 0 Å². The largest absolute Gasteiger partial charge is 0.447 e. The van der Waals surface area contributed by atoms with Crippen LogP contribution in [0.2, 0.25) is 5.02 Å². The van der Waals surface area contributed by atoms with Gasteiger partial charge in [0.1, 0.15) is 42.0 Å². The number of hydrogen-bond donors (Lipinski definition) is 3. The van der Waals surface area contributed by atoms with Gasteiger partial charge in [-0.3, -0.25) is 19.8 Å². The lowest BCUT2D eigenvalue weighted by molar-refractivity contribution is -0.135. The van der Waals surface area contributed by atoms with Crippen molar-refractivity contribution in [1.29, 1.82) is 5.41 Å². The highest BCUT2D eigenvalue weighted by molar-refractivity contribution is 6.56. The van der Waals surface area contributed by atoms with Gasteiger partial charge in [0, 0.05) is 29.2 Å². The number of rotatable bonds is 13. The summed E-state index contributed by atoms with van der Waals surface area (Å²) < 4.78 is 91.0. The number of ether oxygens (including phenoxy) is 1. The molecule has 12 nitrogen and oxygen atoms in total. The molecule has 0 radical (unpaired) electrons. The zero-order valence-electron chi connectivity index (χ0n) is 31.2. The Balaban J connectivity index is 1.42. The van der Waals surface area contributed by atoms with Gasteiger partial charge in [0.15, 0.2) is 11.8 Å². The van der Waals surface area contributed by atoms with Gasteiger partial charge in [-0.2, -0.15) is 19.0 Å². The molecule has 6 rings (SSSR count). The van der Waals surface area contributed by atoms with E-state index in [-0.39, 0.29) is 22.0 Å². The predicted molar refractivity (Wildman–Crippen MR) is 202 cm³/mol. The van der Waals surface area contributed by atoms with E-state index in [4.69, 9.17) is 21.7 Å². The fraction of sp³-hybridized carbons (Fsp3) is 0.412. The number of alkyl carbamates (subject to hydrolysis) is 1. The number of hydrogen-bond acceptors (Lipinski definition) is 7. The summed E-state index contributed by atoms with van der Waals surface area (Å²) in [7, 11) is 5.73. The Morgan fingerprint density at radius 3 is 2.32 bits per heavy atom.